The molecule has 0 fully saturated rings. The fraction of sp³-hybridized carbons (Fsp3) is 0.261. The second kappa shape index (κ2) is 6.24. The largest absolute Gasteiger partial charge is 0.213 e. The van der Waals surface area contributed by atoms with Gasteiger partial charge in [0.1, 0.15) is 0 Å². The molecule has 0 amide bonds. The summed E-state index contributed by atoms with van der Waals surface area (Å²) in [6, 6.07) is 11.1. The number of hydrogen-bond donors (Lipinski definition) is 0. The third kappa shape index (κ3) is 2.87. The van der Waals surface area contributed by atoms with Crippen LogP contribution in [0.4, 0.5) is 0 Å². The van der Waals surface area contributed by atoms with Crippen molar-refractivity contribution >= 4 is 5.57 Å². The van der Waals surface area contributed by atoms with Crippen molar-refractivity contribution in [2.24, 2.45) is 0 Å². The van der Waals surface area contributed by atoms with Gasteiger partial charge in [-0.25, -0.2) is 0 Å². The summed E-state index contributed by atoms with van der Waals surface area (Å²) in [6.45, 7) is 13.7. The van der Waals surface area contributed by atoms with E-state index >= 15 is 0 Å². The van der Waals surface area contributed by atoms with E-state index in [0.717, 1.165) is 6.54 Å². The highest BCUT2D eigenvalue weighted by Crippen LogP contribution is 2.35. The van der Waals surface area contributed by atoms with Crippen LogP contribution in [0.2, 0.25) is 0 Å². The number of allylic oxidation sites excluding steroid dienone is 5. The quantitative estimate of drug-likeness (QED) is 0.447. The van der Waals surface area contributed by atoms with Gasteiger partial charge in [0.05, 0.1) is 5.56 Å². The molecule has 122 valence electrons. The first-order chi connectivity index (χ1) is 11.5. The molecule has 0 atom stereocenters. The molecule has 2 aromatic rings. The number of nitrogens with zero attached hydrogens (tertiary/aromatic N) is 1. The van der Waals surface area contributed by atoms with E-state index in [1.54, 1.807) is 0 Å². The van der Waals surface area contributed by atoms with Crippen LogP contribution in [0.15, 0.2) is 67.4 Å². The van der Waals surface area contributed by atoms with Gasteiger partial charge < -0.3 is 0 Å². The predicted molar refractivity (Wildman–Crippen MR) is 103 cm³/mol. The maximum absolute atomic E-state index is 3.89. The molecule has 0 spiro atoms. The van der Waals surface area contributed by atoms with Gasteiger partial charge in [0, 0.05) is 17.2 Å². The molecule has 1 aromatic heterocycles. The molecule has 0 N–H and O–H groups in total. The lowest BCUT2D eigenvalue weighted by atomic mass is 9.81. The molecule has 0 unspecified atom stereocenters. The minimum atomic E-state index is 0.0737. The lowest BCUT2D eigenvalue weighted by Crippen LogP contribution is -2.34. The summed E-state index contributed by atoms with van der Waals surface area (Å²) in [5.74, 6) is 0. The number of fused-ring (bicyclic) bond motifs is 3. The van der Waals surface area contributed by atoms with Gasteiger partial charge >= 0.3 is 0 Å². The summed E-state index contributed by atoms with van der Waals surface area (Å²) in [4.78, 5) is 0. The molecule has 1 aromatic carbocycles. The van der Waals surface area contributed by atoms with E-state index in [2.05, 4.69) is 93.6 Å². The fourth-order valence-corrected chi connectivity index (χ4v) is 3.44. The lowest BCUT2D eigenvalue weighted by molar-refractivity contribution is -0.672. The molecule has 24 heavy (non-hydrogen) atoms. The Kier molecular flexibility index (Phi) is 4.28. The Hall–Kier alpha value is -2.41. The molecule has 0 saturated heterocycles. The van der Waals surface area contributed by atoms with Gasteiger partial charge in [-0.15, -0.1) is 0 Å². The summed E-state index contributed by atoms with van der Waals surface area (Å²) in [6.07, 6.45) is 10.5. The first-order valence-corrected chi connectivity index (χ1v) is 8.57. The van der Waals surface area contributed by atoms with Crippen molar-refractivity contribution < 1.29 is 4.57 Å². The Morgan fingerprint density at radius 1 is 1.21 bits per heavy atom. The summed E-state index contributed by atoms with van der Waals surface area (Å²) in [5, 5.41) is 0. The van der Waals surface area contributed by atoms with Gasteiger partial charge in [-0.05, 0) is 29.5 Å². The molecule has 0 aliphatic carbocycles. The van der Waals surface area contributed by atoms with Crippen molar-refractivity contribution in [1.29, 1.82) is 0 Å². The molecule has 0 saturated carbocycles. The van der Waals surface area contributed by atoms with Crippen LogP contribution < -0.4 is 4.57 Å². The lowest BCUT2D eigenvalue weighted by Gasteiger charge is -2.22. The topological polar surface area (TPSA) is 3.88 Å². The van der Waals surface area contributed by atoms with Crippen LogP contribution in [0.1, 0.15) is 44.4 Å². The van der Waals surface area contributed by atoms with E-state index in [0.29, 0.717) is 0 Å². The van der Waals surface area contributed by atoms with Crippen molar-refractivity contribution in [3.05, 3.63) is 84.1 Å². The smallest absolute Gasteiger partial charge is 0.193 e. The molecule has 1 aliphatic heterocycles. The number of pyridine rings is 1. The molecular formula is C23H26N+. The number of rotatable bonds is 3. The second-order valence-corrected chi connectivity index (χ2v) is 7.38. The third-order valence-electron chi connectivity index (χ3n) is 4.56. The molecular weight excluding hydrogens is 290 g/mol. The first-order valence-electron chi connectivity index (χ1n) is 8.57. The molecule has 0 bridgehead atoms. The minimum absolute atomic E-state index is 0.0737. The van der Waals surface area contributed by atoms with Crippen molar-refractivity contribution in [3.8, 4) is 11.3 Å². The number of benzene rings is 1. The summed E-state index contributed by atoms with van der Waals surface area (Å²) in [7, 11) is 0. The highest BCUT2D eigenvalue weighted by molar-refractivity contribution is 5.78. The Bertz CT molecular complexity index is 845. The summed E-state index contributed by atoms with van der Waals surface area (Å²) < 4.78 is 2.37. The Morgan fingerprint density at radius 2 is 1.96 bits per heavy atom. The van der Waals surface area contributed by atoms with Crippen LogP contribution in [0.5, 0.6) is 0 Å². The van der Waals surface area contributed by atoms with Gasteiger partial charge in [-0.3, -0.25) is 0 Å². The van der Waals surface area contributed by atoms with Gasteiger partial charge in [-0.1, -0.05) is 69.9 Å². The average Bonchev–Trinajstić information content (AvgIpc) is 2.90. The van der Waals surface area contributed by atoms with E-state index in [-0.39, 0.29) is 5.41 Å². The van der Waals surface area contributed by atoms with Gasteiger partial charge in [-0.2, -0.15) is 4.57 Å². The second-order valence-electron chi connectivity index (χ2n) is 7.38. The zero-order chi connectivity index (χ0) is 17.3. The third-order valence-corrected chi connectivity index (χ3v) is 4.56. The van der Waals surface area contributed by atoms with Crippen LogP contribution in [-0.2, 0) is 12.0 Å². The van der Waals surface area contributed by atoms with E-state index in [9.17, 15) is 0 Å². The van der Waals surface area contributed by atoms with Gasteiger partial charge in [0.25, 0.3) is 0 Å². The van der Waals surface area contributed by atoms with Crippen LogP contribution in [-0.4, -0.2) is 0 Å². The molecule has 1 heteroatoms. The van der Waals surface area contributed by atoms with Crippen LogP contribution in [0.25, 0.3) is 16.8 Å². The monoisotopic (exact) mass is 316 g/mol. The summed E-state index contributed by atoms with van der Waals surface area (Å²) >= 11 is 0. The molecule has 2 heterocycles. The standard InChI is InChI=1S/C23H26N/c1-6-10-17(11-7-2)20-16-24-15-18-12-8-9-13-19(18)22(24)14-21(20)23(3,4)5/h6-14,16H,1,15H2,2-5H3/q+1/b11-7-,17-10+. The Balaban J connectivity index is 2.27. The first kappa shape index (κ1) is 16.4. The van der Waals surface area contributed by atoms with Crippen molar-refractivity contribution in [2.45, 2.75) is 39.7 Å². The zero-order valence-corrected chi connectivity index (χ0v) is 15.1. The minimum Gasteiger partial charge on any atom is -0.193 e. The Labute approximate surface area is 145 Å². The number of hydrogen-bond acceptors (Lipinski definition) is 0. The summed E-state index contributed by atoms with van der Waals surface area (Å²) in [5.41, 5.74) is 8.02. The highest BCUT2D eigenvalue weighted by atomic mass is 15.0. The maximum Gasteiger partial charge on any atom is 0.213 e. The zero-order valence-electron chi connectivity index (χ0n) is 15.1. The van der Waals surface area contributed by atoms with Crippen molar-refractivity contribution in [3.63, 3.8) is 0 Å². The predicted octanol–water partition coefficient (Wildman–Crippen LogP) is 5.45. The number of aromatic nitrogens is 1. The van der Waals surface area contributed by atoms with E-state index in [4.69, 9.17) is 0 Å². The highest BCUT2D eigenvalue weighted by Gasteiger charge is 2.31. The van der Waals surface area contributed by atoms with Crippen LogP contribution >= 0.6 is 0 Å². The fourth-order valence-electron chi connectivity index (χ4n) is 3.44. The maximum atomic E-state index is 3.89. The molecule has 0 radical (unpaired) electrons. The van der Waals surface area contributed by atoms with E-state index in [1.165, 1.54) is 33.5 Å². The van der Waals surface area contributed by atoms with Crippen LogP contribution in [0.3, 0.4) is 0 Å². The molecule has 3 rings (SSSR count). The van der Waals surface area contributed by atoms with Crippen molar-refractivity contribution in [2.75, 3.05) is 0 Å². The van der Waals surface area contributed by atoms with Gasteiger partial charge in [0.15, 0.2) is 12.7 Å². The SMILES string of the molecule is C=C/C=C(\C=C/C)c1c[n+]2c(cc1C(C)(C)C)-c1ccccc1C2. The van der Waals surface area contributed by atoms with E-state index in [1.807, 2.05) is 6.08 Å². The molecule has 1 aliphatic rings. The van der Waals surface area contributed by atoms with Crippen LogP contribution in [0, 0.1) is 0 Å². The average molecular weight is 316 g/mol. The van der Waals surface area contributed by atoms with E-state index < -0.39 is 0 Å². The molecule has 1 nitrogen and oxygen atoms in total. The Morgan fingerprint density at radius 3 is 2.62 bits per heavy atom. The van der Waals surface area contributed by atoms with Gasteiger partial charge in [0.2, 0.25) is 5.69 Å². The normalized spacial score (nSPS) is 13.9. The van der Waals surface area contributed by atoms with Crippen molar-refractivity contribution in [1.82, 2.24) is 0 Å².